The Morgan fingerprint density at radius 1 is 0.745 bits per heavy atom. The van der Waals surface area contributed by atoms with Crippen LogP contribution in [0.3, 0.4) is 0 Å². The van der Waals surface area contributed by atoms with Gasteiger partial charge >= 0.3 is 23.9 Å². The van der Waals surface area contributed by atoms with Gasteiger partial charge in [0.25, 0.3) is 0 Å². The Kier molecular flexibility index (Phi) is 37.5. The van der Waals surface area contributed by atoms with Crippen molar-refractivity contribution in [3.05, 3.63) is 0 Å². The van der Waals surface area contributed by atoms with E-state index in [1.54, 1.807) is 0 Å². The quantitative estimate of drug-likeness (QED) is 0.0352. The third-order valence-electron chi connectivity index (χ3n) is 7.89. The summed E-state index contributed by atoms with van der Waals surface area (Å²) in [6, 6.07) is 0. The number of rotatable bonds is 30. The van der Waals surface area contributed by atoms with Gasteiger partial charge in [0.05, 0.1) is 6.61 Å². The highest BCUT2D eigenvalue weighted by Crippen LogP contribution is 2.27. The second kappa shape index (κ2) is 38.6. The molecule has 1 fully saturated rings. The van der Waals surface area contributed by atoms with Crippen LogP contribution in [-0.4, -0.2) is 119 Å². The molecule has 0 aromatic rings. The molecule has 1 heterocycles. The molecule has 1 rings (SSSR count). The highest BCUT2D eigenvalue weighted by molar-refractivity contribution is 5.75. The lowest BCUT2D eigenvalue weighted by atomic mass is 10.0. The van der Waals surface area contributed by atoms with Crippen LogP contribution < -0.4 is 16.4 Å². The molecule has 0 saturated carbocycles. The Morgan fingerprint density at radius 2 is 1.31 bits per heavy atom. The van der Waals surface area contributed by atoms with Gasteiger partial charge in [-0.3, -0.25) is 28.8 Å². The molecule has 4 unspecified atom stereocenters. The number of hydrogen-bond acceptors (Lipinski definition) is 14. The van der Waals surface area contributed by atoms with Gasteiger partial charge in [0.2, 0.25) is 12.3 Å². The van der Waals surface area contributed by atoms with Crippen LogP contribution in [0.4, 0.5) is 0 Å². The number of ether oxygens (including phenoxy) is 6. The fraction of sp³-hybridized carbons (Fsp3) is 0.816. The second-order valence-electron chi connectivity index (χ2n) is 12.9. The first kappa shape index (κ1) is 53.4. The van der Waals surface area contributed by atoms with Crippen molar-refractivity contribution in [3.63, 3.8) is 0 Å². The number of carbonyl (C=O) groups is 7. The predicted octanol–water partition coefficient (Wildman–Crippen LogP) is 3.51. The average Bonchev–Trinajstić information content (AvgIpc) is 3.12. The van der Waals surface area contributed by atoms with Gasteiger partial charge in [-0.15, -0.1) is 0 Å². The summed E-state index contributed by atoms with van der Waals surface area (Å²) in [7, 11) is 1.86. The smallest absolute Gasteiger partial charge is 0.303 e. The minimum absolute atomic E-state index is 0.00406. The standard InChI is InChI=1S/C21H36N2O9.C16H30O4.CH3NO/c1-14(24)29-13-18-21(31-16(3)26)17(30-15(2)25)12-20(32-18)28-11-6-5-8-19(27)23-10-7-9-22-4;17-13-11-15-20-14-10-8-6-4-2-1-3-5-7-9-12-16(18)19;2-1-3/h17-18,20-22H,5-13H2,1-4H3,(H,23,27);13H,1-12,14-15H2,(H,18,19);1H,(H2,2,3). The van der Waals surface area contributed by atoms with Gasteiger partial charge in [-0.1, -0.05) is 51.4 Å². The molecule has 17 heteroatoms. The predicted molar refractivity (Wildman–Crippen MR) is 203 cm³/mol. The maximum absolute atomic E-state index is 11.8. The number of unbranched alkanes of at least 4 members (excludes halogenated alkanes) is 10. The maximum Gasteiger partial charge on any atom is 0.303 e. The van der Waals surface area contributed by atoms with Crippen molar-refractivity contribution in [2.45, 2.75) is 155 Å². The fourth-order valence-corrected chi connectivity index (χ4v) is 5.32. The molecule has 0 radical (unpaired) electrons. The van der Waals surface area contributed by atoms with Gasteiger partial charge in [0, 0.05) is 66.2 Å². The molecule has 1 aliphatic rings. The van der Waals surface area contributed by atoms with Crippen LogP contribution in [0.2, 0.25) is 0 Å². The van der Waals surface area contributed by atoms with Gasteiger partial charge in [0.1, 0.15) is 25.1 Å². The summed E-state index contributed by atoms with van der Waals surface area (Å²) in [5.74, 6) is -2.32. The van der Waals surface area contributed by atoms with Crippen molar-refractivity contribution >= 4 is 42.5 Å². The van der Waals surface area contributed by atoms with Gasteiger partial charge in [-0.25, -0.2) is 0 Å². The highest BCUT2D eigenvalue weighted by atomic mass is 16.7. The fourth-order valence-electron chi connectivity index (χ4n) is 5.32. The van der Waals surface area contributed by atoms with Crippen LogP contribution in [0.1, 0.15) is 130 Å². The molecule has 320 valence electrons. The van der Waals surface area contributed by atoms with E-state index < -0.39 is 48.5 Å². The van der Waals surface area contributed by atoms with Gasteiger partial charge in [0.15, 0.2) is 12.4 Å². The van der Waals surface area contributed by atoms with E-state index in [0.29, 0.717) is 51.9 Å². The van der Waals surface area contributed by atoms with Crippen LogP contribution in [0.25, 0.3) is 0 Å². The lowest BCUT2D eigenvalue weighted by Gasteiger charge is -2.39. The molecule has 0 aromatic carbocycles. The summed E-state index contributed by atoms with van der Waals surface area (Å²) >= 11 is 0. The third kappa shape index (κ3) is 37.0. The van der Waals surface area contributed by atoms with E-state index >= 15 is 0 Å². The zero-order chi connectivity index (χ0) is 41.5. The molecule has 4 atom stereocenters. The van der Waals surface area contributed by atoms with Crippen LogP contribution in [0.15, 0.2) is 0 Å². The molecule has 2 amide bonds. The molecular weight excluding hydrogens is 722 g/mol. The molecule has 5 N–H and O–H groups in total. The number of esters is 3. The van der Waals surface area contributed by atoms with Crippen LogP contribution >= 0.6 is 0 Å². The number of hydrogen-bond donors (Lipinski definition) is 4. The summed E-state index contributed by atoms with van der Waals surface area (Å²) in [6.07, 6.45) is 13.0. The third-order valence-corrected chi connectivity index (χ3v) is 7.89. The SMILES string of the molecule is CNCCCNC(=O)CCCCOC1CC(OC(C)=O)C(OC(C)=O)C(COC(C)=O)O1.NC=O.O=CCCOCCCCCCCCCCCCC(=O)O. The first-order valence-corrected chi connectivity index (χ1v) is 19.5. The highest BCUT2D eigenvalue weighted by Gasteiger charge is 2.44. The second-order valence-corrected chi connectivity index (χ2v) is 12.9. The molecule has 0 aromatic heterocycles. The molecule has 55 heavy (non-hydrogen) atoms. The van der Waals surface area contributed by atoms with Crippen molar-refractivity contribution in [1.82, 2.24) is 10.6 Å². The van der Waals surface area contributed by atoms with Crippen molar-refractivity contribution in [2.24, 2.45) is 5.73 Å². The van der Waals surface area contributed by atoms with Crippen molar-refractivity contribution < 1.29 is 67.1 Å². The normalized spacial score (nSPS) is 17.2. The largest absolute Gasteiger partial charge is 0.481 e. The van der Waals surface area contributed by atoms with E-state index in [4.69, 9.17) is 38.3 Å². The Bertz CT molecular complexity index is 1030. The number of aliphatic carboxylic acids is 1. The Morgan fingerprint density at radius 3 is 1.85 bits per heavy atom. The first-order valence-electron chi connectivity index (χ1n) is 19.5. The minimum atomic E-state index is -0.929. The van der Waals surface area contributed by atoms with E-state index in [1.165, 1.54) is 59.3 Å². The number of nitrogens with two attached hydrogens (primary N) is 1. The van der Waals surface area contributed by atoms with E-state index in [9.17, 15) is 28.8 Å². The van der Waals surface area contributed by atoms with E-state index in [-0.39, 0.29) is 25.3 Å². The van der Waals surface area contributed by atoms with Gasteiger partial charge in [-0.05, 0) is 45.7 Å². The van der Waals surface area contributed by atoms with Crippen LogP contribution in [-0.2, 0) is 62.0 Å². The van der Waals surface area contributed by atoms with E-state index in [1.807, 2.05) is 7.05 Å². The molecule has 0 spiro atoms. The van der Waals surface area contributed by atoms with Crippen LogP contribution in [0, 0.1) is 0 Å². The van der Waals surface area contributed by atoms with Crippen molar-refractivity contribution in [1.29, 1.82) is 0 Å². The summed E-state index contributed by atoms with van der Waals surface area (Å²) in [5.41, 5.74) is 4.17. The summed E-state index contributed by atoms with van der Waals surface area (Å²) in [4.78, 5) is 75.0. The number of amides is 2. The van der Waals surface area contributed by atoms with Crippen molar-refractivity contribution in [2.75, 3.05) is 46.6 Å². The number of carbonyl (C=O) groups excluding carboxylic acids is 6. The van der Waals surface area contributed by atoms with E-state index in [2.05, 4.69) is 16.4 Å². The van der Waals surface area contributed by atoms with Crippen molar-refractivity contribution in [3.8, 4) is 0 Å². The Labute approximate surface area is 326 Å². The van der Waals surface area contributed by atoms with E-state index in [0.717, 1.165) is 51.5 Å². The van der Waals surface area contributed by atoms with Crippen LogP contribution in [0.5, 0.6) is 0 Å². The molecule has 1 saturated heterocycles. The summed E-state index contributed by atoms with van der Waals surface area (Å²) in [6.45, 7) is 6.69. The van der Waals surface area contributed by atoms with Gasteiger partial charge in [-0.2, -0.15) is 0 Å². The number of primary amides is 1. The first-order chi connectivity index (χ1) is 26.4. The molecule has 0 aliphatic carbocycles. The van der Waals surface area contributed by atoms with Gasteiger partial charge < -0.3 is 54.7 Å². The molecule has 1 aliphatic heterocycles. The Balaban J connectivity index is 0. The molecule has 17 nitrogen and oxygen atoms in total. The zero-order valence-electron chi connectivity index (χ0n) is 33.6. The molecular formula is C38H69N3O14. The number of carboxylic acid groups (broad SMARTS) is 1. The lowest BCUT2D eigenvalue weighted by molar-refractivity contribution is -0.266. The summed E-state index contributed by atoms with van der Waals surface area (Å²) < 4.78 is 32.5. The number of carboxylic acids is 1. The zero-order valence-corrected chi connectivity index (χ0v) is 33.6. The average molecular weight is 792 g/mol. The molecule has 0 bridgehead atoms. The maximum atomic E-state index is 11.8. The monoisotopic (exact) mass is 791 g/mol. The number of aldehydes is 1. The lowest BCUT2D eigenvalue weighted by Crippen LogP contribution is -2.54. The topological polar surface area (TPSA) is 245 Å². The summed E-state index contributed by atoms with van der Waals surface area (Å²) in [5, 5.41) is 14.4. The minimum Gasteiger partial charge on any atom is -0.481 e. The number of nitrogens with one attached hydrogen (secondary N) is 2. The Hall–Kier alpha value is -3.67.